The highest BCUT2D eigenvalue weighted by atomic mass is 32.2. The molecule has 1 rings (SSSR count). The molecule has 0 saturated carbocycles. The van der Waals surface area contributed by atoms with Crippen LogP contribution in [-0.2, 0) is 14.6 Å². The zero-order chi connectivity index (χ0) is 14.5. The van der Waals surface area contributed by atoms with Crippen molar-refractivity contribution in [3.63, 3.8) is 0 Å². The number of hydrogen-bond acceptors (Lipinski definition) is 4. The van der Waals surface area contributed by atoms with Crippen LogP contribution in [0.15, 0.2) is 29.2 Å². The highest BCUT2D eigenvalue weighted by molar-refractivity contribution is 7.91. The second kappa shape index (κ2) is 6.63. The van der Waals surface area contributed by atoms with Crippen molar-refractivity contribution < 1.29 is 17.6 Å². The van der Waals surface area contributed by atoms with Crippen LogP contribution in [0.4, 0.5) is 4.39 Å². The number of carbonyl (C=O) groups is 1. The number of hydrogen-bond donors (Lipinski definition) is 2. The van der Waals surface area contributed by atoms with Crippen molar-refractivity contribution in [2.45, 2.75) is 11.8 Å². The van der Waals surface area contributed by atoms with Gasteiger partial charge in [0.2, 0.25) is 5.91 Å². The lowest BCUT2D eigenvalue weighted by Gasteiger charge is -2.12. The molecule has 0 aliphatic carbocycles. The Hall–Kier alpha value is -1.47. The van der Waals surface area contributed by atoms with Crippen LogP contribution < -0.4 is 11.1 Å². The van der Waals surface area contributed by atoms with Gasteiger partial charge in [0.1, 0.15) is 5.82 Å². The van der Waals surface area contributed by atoms with E-state index in [0.29, 0.717) is 13.1 Å². The van der Waals surface area contributed by atoms with Crippen LogP contribution in [0, 0.1) is 11.7 Å². The third-order valence-electron chi connectivity index (χ3n) is 2.53. The van der Waals surface area contributed by atoms with Gasteiger partial charge in [0.25, 0.3) is 0 Å². The zero-order valence-electron chi connectivity index (χ0n) is 10.6. The number of benzene rings is 1. The number of amides is 1. The van der Waals surface area contributed by atoms with Crippen molar-refractivity contribution in [2.75, 3.05) is 18.8 Å². The summed E-state index contributed by atoms with van der Waals surface area (Å²) in [5.74, 6) is -1.89. The molecule has 5 nitrogen and oxygen atoms in total. The first-order valence-electron chi connectivity index (χ1n) is 5.83. The molecule has 1 aromatic carbocycles. The van der Waals surface area contributed by atoms with Crippen LogP contribution in [0.2, 0.25) is 0 Å². The first-order chi connectivity index (χ1) is 8.86. The van der Waals surface area contributed by atoms with Gasteiger partial charge in [-0.05, 0) is 24.3 Å². The fourth-order valence-electron chi connectivity index (χ4n) is 1.51. The number of halogens is 1. The van der Waals surface area contributed by atoms with E-state index < -0.39 is 21.6 Å². The molecule has 19 heavy (non-hydrogen) atoms. The molecule has 7 heteroatoms. The fraction of sp³-hybridized carbons (Fsp3) is 0.417. The molecule has 106 valence electrons. The van der Waals surface area contributed by atoms with Gasteiger partial charge in [0.15, 0.2) is 9.84 Å². The second-order valence-electron chi connectivity index (χ2n) is 4.22. The monoisotopic (exact) mass is 288 g/mol. The van der Waals surface area contributed by atoms with E-state index >= 15 is 0 Å². The van der Waals surface area contributed by atoms with Crippen molar-refractivity contribution in [1.29, 1.82) is 0 Å². The summed E-state index contributed by atoms with van der Waals surface area (Å²) < 4.78 is 36.7. The highest BCUT2D eigenvalue weighted by Gasteiger charge is 2.22. The number of carbonyl (C=O) groups excluding carboxylic acids is 1. The normalized spacial score (nSPS) is 13.0. The smallest absolute Gasteiger partial charge is 0.223 e. The first kappa shape index (κ1) is 15.6. The van der Waals surface area contributed by atoms with E-state index in [9.17, 15) is 17.6 Å². The number of nitrogens with two attached hydrogens (primary N) is 1. The Kier molecular flexibility index (Phi) is 5.44. The van der Waals surface area contributed by atoms with Gasteiger partial charge in [-0.3, -0.25) is 4.79 Å². The van der Waals surface area contributed by atoms with Gasteiger partial charge in [-0.15, -0.1) is 0 Å². The Bertz CT molecular complexity index is 528. The molecule has 0 aliphatic heterocycles. The molecule has 0 bridgehead atoms. The standard InChI is InChI=1S/C12H17FN2O3S/c1-9(12(16)15-7-6-14)8-19(17,18)11-4-2-10(13)3-5-11/h2-5,9H,6-8,14H2,1H3,(H,15,16). The van der Waals surface area contributed by atoms with Crippen LogP contribution in [-0.4, -0.2) is 33.2 Å². The van der Waals surface area contributed by atoms with Gasteiger partial charge in [-0.25, -0.2) is 12.8 Å². The van der Waals surface area contributed by atoms with E-state index in [1.54, 1.807) is 0 Å². The van der Waals surface area contributed by atoms with Crippen molar-refractivity contribution in [1.82, 2.24) is 5.32 Å². The van der Waals surface area contributed by atoms with Crippen molar-refractivity contribution in [3.05, 3.63) is 30.1 Å². The molecule has 0 saturated heterocycles. The molecule has 0 fully saturated rings. The van der Waals surface area contributed by atoms with E-state index in [-0.39, 0.29) is 16.6 Å². The fourth-order valence-corrected chi connectivity index (χ4v) is 3.07. The highest BCUT2D eigenvalue weighted by Crippen LogP contribution is 2.15. The minimum absolute atomic E-state index is 0.00683. The predicted molar refractivity (Wildman–Crippen MR) is 69.7 cm³/mol. The molecular weight excluding hydrogens is 271 g/mol. The molecule has 1 amide bonds. The Morgan fingerprint density at radius 3 is 2.47 bits per heavy atom. The maximum atomic E-state index is 12.7. The van der Waals surface area contributed by atoms with Gasteiger partial charge in [0, 0.05) is 19.0 Å². The predicted octanol–water partition coefficient (Wildman–Crippen LogP) is 0.310. The SMILES string of the molecule is CC(CS(=O)(=O)c1ccc(F)cc1)C(=O)NCCN. The molecule has 0 spiro atoms. The summed E-state index contributed by atoms with van der Waals surface area (Å²) in [6, 6.07) is 4.53. The summed E-state index contributed by atoms with van der Waals surface area (Å²) in [6.45, 7) is 2.12. The van der Waals surface area contributed by atoms with E-state index in [2.05, 4.69) is 5.32 Å². The maximum Gasteiger partial charge on any atom is 0.223 e. The zero-order valence-corrected chi connectivity index (χ0v) is 11.4. The summed E-state index contributed by atoms with van der Waals surface area (Å²) in [5, 5.41) is 2.53. The van der Waals surface area contributed by atoms with Crippen LogP contribution >= 0.6 is 0 Å². The van der Waals surface area contributed by atoms with Gasteiger partial charge in [-0.2, -0.15) is 0 Å². The largest absolute Gasteiger partial charge is 0.355 e. The molecular formula is C12H17FN2O3S. The van der Waals surface area contributed by atoms with Gasteiger partial charge >= 0.3 is 0 Å². The van der Waals surface area contributed by atoms with Gasteiger partial charge in [-0.1, -0.05) is 6.92 Å². The van der Waals surface area contributed by atoms with E-state index in [0.717, 1.165) is 12.1 Å². The Labute approximate surface area is 111 Å². The molecule has 0 aromatic heterocycles. The average Bonchev–Trinajstić information content (AvgIpc) is 2.35. The van der Waals surface area contributed by atoms with Gasteiger partial charge < -0.3 is 11.1 Å². The van der Waals surface area contributed by atoms with Crippen molar-refractivity contribution in [3.8, 4) is 0 Å². The molecule has 0 heterocycles. The Morgan fingerprint density at radius 1 is 1.37 bits per heavy atom. The molecule has 3 N–H and O–H groups in total. The Morgan fingerprint density at radius 2 is 1.95 bits per heavy atom. The minimum atomic E-state index is -3.61. The van der Waals surface area contributed by atoms with E-state index in [4.69, 9.17) is 5.73 Å². The lowest BCUT2D eigenvalue weighted by molar-refractivity contribution is -0.123. The molecule has 0 aliphatic rings. The summed E-state index contributed by atoms with van der Waals surface area (Å²) >= 11 is 0. The number of rotatable bonds is 6. The van der Waals surface area contributed by atoms with E-state index in [1.165, 1.54) is 19.1 Å². The molecule has 1 aromatic rings. The lowest BCUT2D eigenvalue weighted by Crippen LogP contribution is -2.36. The molecule has 0 radical (unpaired) electrons. The van der Waals surface area contributed by atoms with Crippen LogP contribution in [0.25, 0.3) is 0 Å². The van der Waals surface area contributed by atoms with Crippen molar-refractivity contribution in [2.24, 2.45) is 11.7 Å². The van der Waals surface area contributed by atoms with E-state index in [1.807, 2.05) is 0 Å². The summed E-state index contributed by atoms with van der Waals surface area (Å²) in [4.78, 5) is 11.6. The third-order valence-corrected chi connectivity index (χ3v) is 4.46. The van der Waals surface area contributed by atoms with Gasteiger partial charge in [0.05, 0.1) is 10.6 Å². The lowest BCUT2D eigenvalue weighted by atomic mass is 10.2. The van der Waals surface area contributed by atoms with Crippen LogP contribution in [0.5, 0.6) is 0 Å². The van der Waals surface area contributed by atoms with Crippen LogP contribution in [0.1, 0.15) is 6.92 Å². The molecule has 1 atom stereocenters. The second-order valence-corrected chi connectivity index (χ2v) is 6.25. The van der Waals surface area contributed by atoms with Crippen LogP contribution in [0.3, 0.4) is 0 Å². The first-order valence-corrected chi connectivity index (χ1v) is 7.48. The topological polar surface area (TPSA) is 89.3 Å². The third kappa shape index (κ3) is 4.60. The minimum Gasteiger partial charge on any atom is -0.355 e. The summed E-state index contributed by atoms with van der Waals surface area (Å²) in [7, 11) is -3.61. The Balaban J connectivity index is 2.74. The summed E-state index contributed by atoms with van der Waals surface area (Å²) in [6.07, 6.45) is 0. The quantitative estimate of drug-likeness (QED) is 0.737. The number of sulfone groups is 1. The van der Waals surface area contributed by atoms with Crippen molar-refractivity contribution >= 4 is 15.7 Å². The number of nitrogens with one attached hydrogen (secondary N) is 1. The average molecular weight is 288 g/mol. The molecule has 1 unspecified atom stereocenters. The summed E-state index contributed by atoms with van der Waals surface area (Å²) in [5.41, 5.74) is 5.24. The maximum absolute atomic E-state index is 12.7.